The number of hydrogen-bond donors (Lipinski definition) is 1. The zero-order chi connectivity index (χ0) is 10.3. The lowest BCUT2D eigenvalue weighted by atomic mass is 10.1. The van der Waals surface area contributed by atoms with Crippen molar-refractivity contribution < 1.29 is 0 Å². The number of aryl methyl sites for hydroxylation is 1. The lowest BCUT2D eigenvalue weighted by molar-refractivity contribution is 0.780. The molecule has 2 aromatic heterocycles. The fourth-order valence-corrected chi connectivity index (χ4v) is 1.32. The molecule has 74 valence electrons. The van der Waals surface area contributed by atoms with Crippen LogP contribution in [0.2, 0.25) is 0 Å². The fourth-order valence-electron chi connectivity index (χ4n) is 1.32. The van der Waals surface area contributed by atoms with Gasteiger partial charge in [0.15, 0.2) is 5.65 Å². The normalized spacial score (nSPS) is 11.4. The molecule has 2 rings (SSSR count). The molecule has 0 amide bonds. The van der Waals surface area contributed by atoms with Gasteiger partial charge in [0.1, 0.15) is 5.82 Å². The van der Waals surface area contributed by atoms with Crippen molar-refractivity contribution in [3.63, 3.8) is 0 Å². The Morgan fingerprint density at radius 3 is 2.71 bits per heavy atom. The summed E-state index contributed by atoms with van der Waals surface area (Å²) in [7, 11) is 0. The summed E-state index contributed by atoms with van der Waals surface area (Å²) < 4.78 is 1.57. The van der Waals surface area contributed by atoms with Gasteiger partial charge in [-0.05, 0) is 12.8 Å². The highest BCUT2D eigenvalue weighted by atomic mass is 15.3. The maximum Gasteiger partial charge on any atom is 0.224 e. The van der Waals surface area contributed by atoms with E-state index in [4.69, 9.17) is 5.73 Å². The average molecular weight is 191 g/mol. The first kappa shape index (κ1) is 8.93. The Labute approximate surface area is 82.0 Å². The van der Waals surface area contributed by atoms with Gasteiger partial charge in [-0.25, -0.2) is 4.98 Å². The number of aromatic nitrogens is 4. The maximum absolute atomic E-state index is 5.72. The summed E-state index contributed by atoms with van der Waals surface area (Å²) >= 11 is 0. The molecular formula is C9H13N5. The number of nitrogen functional groups attached to an aromatic ring is 1. The van der Waals surface area contributed by atoms with Gasteiger partial charge < -0.3 is 5.73 Å². The number of rotatable bonds is 1. The minimum Gasteiger partial charge on any atom is -0.368 e. The van der Waals surface area contributed by atoms with E-state index < -0.39 is 0 Å². The van der Waals surface area contributed by atoms with E-state index in [1.807, 2.05) is 13.0 Å². The molecule has 0 saturated heterocycles. The molecule has 0 fully saturated rings. The van der Waals surface area contributed by atoms with Crippen LogP contribution in [-0.2, 0) is 0 Å². The molecule has 5 heteroatoms. The molecule has 5 nitrogen and oxygen atoms in total. The smallest absolute Gasteiger partial charge is 0.224 e. The first-order valence-electron chi connectivity index (χ1n) is 4.57. The Balaban J connectivity index is 2.70. The van der Waals surface area contributed by atoms with Gasteiger partial charge in [-0.1, -0.05) is 13.8 Å². The SMILES string of the molecule is Cc1nc(N)n2nc(C(C)C)cc2n1. The van der Waals surface area contributed by atoms with Crippen molar-refractivity contribution in [2.45, 2.75) is 26.7 Å². The second-order valence-electron chi connectivity index (χ2n) is 3.62. The highest BCUT2D eigenvalue weighted by Gasteiger charge is 2.09. The zero-order valence-corrected chi connectivity index (χ0v) is 8.52. The highest BCUT2D eigenvalue weighted by molar-refractivity contribution is 5.44. The molecular weight excluding hydrogens is 178 g/mol. The monoisotopic (exact) mass is 191 g/mol. The summed E-state index contributed by atoms with van der Waals surface area (Å²) in [5, 5.41) is 4.32. The van der Waals surface area contributed by atoms with Gasteiger partial charge in [-0.15, -0.1) is 0 Å². The van der Waals surface area contributed by atoms with Crippen molar-refractivity contribution in [1.82, 2.24) is 19.6 Å². The summed E-state index contributed by atoms with van der Waals surface area (Å²) in [6, 6.07) is 1.94. The molecule has 2 heterocycles. The Hall–Kier alpha value is -1.65. The minimum absolute atomic E-state index is 0.372. The summed E-state index contributed by atoms with van der Waals surface area (Å²) in [6.45, 7) is 5.98. The second-order valence-corrected chi connectivity index (χ2v) is 3.62. The van der Waals surface area contributed by atoms with Gasteiger partial charge in [-0.2, -0.15) is 14.6 Å². The van der Waals surface area contributed by atoms with Crippen molar-refractivity contribution >= 4 is 11.6 Å². The molecule has 0 spiro atoms. The molecule has 0 atom stereocenters. The van der Waals surface area contributed by atoms with Gasteiger partial charge >= 0.3 is 0 Å². The van der Waals surface area contributed by atoms with E-state index in [9.17, 15) is 0 Å². The topological polar surface area (TPSA) is 69.1 Å². The quantitative estimate of drug-likeness (QED) is 0.733. The van der Waals surface area contributed by atoms with Crippen LogP contribution >= 0.6 is 0 Å². The van der Waals surface area contributed by atoms with Crippen LogP contribution in [0.3, 0.4) is 0 Å². The molecule has 0 aliphatic carbocycles. The van der Waals surface area contributed by atoms with E-state index in [-0.39, 0.29) is 0 Å². The molecule has 0 radical (unpaired) electrons. The second kappa shape index (κ2) is 2.94. The third-order valence-corrected chi connectivity index (χ3v) is 2.07. The van der Waals surface area contributed by atoms with Crippen LogP contribution in [0.4, 0.5) is 5.95 Å². The minimum atomic E-state index is 0.372. The lowest BCUT2D eigenvalue weighted by Crippen LogP contribution is -2.05. The van der Waals surface area contributed by atoms with Crippen molar-refractivity contribution in [2.24, 2.45) is 0 Å². The Morgan fingerprint density at radius 1 is 1.36 bits per heavy atom. The van der Waals surface area contributed by atoms with Crippen LogP contribution in [0.1, 0.15) is 31.3 Å². The zero-order valence-electron chi connectivity index (χ0n) is 8.52. The predicted molar refractivity (Wildman–Crippen MR) is 54.0 cm³/mol. The van der Waals surface area contributed by atoms with Crippen LogP contribution in [0, 0.1) is 6.92 Å². The standard InChI is InChI=1S/C9H13N5/c1-5(2)7-4-8-11-6(3)12-9(10)14(8)13-7/h4-5H,1-3H3,(H2,10,11,12). The molecule has 2 N–H and O–H groups in total. The molecule has 0 aliphatic rings. The van der Waals surface area contributed by atoms with E-state index in [0.29, 0.717) is 17.7 Å². The lowest BCUT2D eigenvalue weighted by Gasteiger charge is -1.98. The summed E-state index contributed by atoms with van der Waals surface area (Å²) in [5.74, 6) is 1.43. The molecule has 0 bridgehead atoms. The summed E-state index contributed by atoms with van der Waals surface area (Å²) in [4.78, 5) is 8.29. The summed E-state index contributed by atoms with van der Waals surface area (Å²) in [5.41, 5.74) is 7.47. The molecule has 14 heavy (non-hydrogen) atoms. The first-order chi connectivity index (χ1) is 6.58. The largest absolute Gasteiger partial charge is 0.368 e. The van der Waals surface area contributed by atoms with Crippen LogP contribution in [0.15, 0.2) is 6.07 Å². The molecule has 0 saturated carbocycles. The molecule has 0 aromatic carbocycles. The Bertz CT molecular complexity index is 471. The average Bonchev–Trinajstić information content (AvgIpc) is 2.47. The van der Waals surface area contributed by atoms with Gasteiger partial charge in [0.05, 0.1) is 5.69 Å². The molecule has 0 unspecified atom stereocenters. The van der Waals surface area contributed by atoms with Crippen molar-refractivity contribution in [3.8, 4) is 0 Å². The van der Waals surface area contributed by atoms with Crippen LogP contribution in [-0.4, -0.2) is 19.6 Å². The number of anilines is 1. The van der Waals surface area contributed by atoms with Gasteiger partial charge in [0.25, 0.3) is 0 Å². The van der Waals surface area contributed by atoms with E-state index in [1.165, 1.54) is 0 Å². The van der Waals surface area contributed by atoms with Crippen LogP contribution in [0.25, 0.3) is 5.65 Å². The van der Waals surface area contributed by atoms with Crippen LogP contribution < -0.4 is 5.73 Å². The number of nitrogens with zero attached hydrogens (tertiary/aromatic N) is 4. The Morgan fingerprint density at radius 2 is 2.07 bits per heavy atom. The fraction of sp³-hybridized carbons (Fsp3) is 0.444. The molecule has 2 aromatic rings. The van der Waals surface area contributed by atoms with E-state index in [1.54, 1.807) is 4.52 Å². The number of fused-ring (bicyclic) bond motifs is 1. The van der Waals surface area contributed by atoms with E-state index >= 15 is 0 Å². The van der Waals surface area contributed by atoms with E-state index in [0.717, 1.165) is 11.3 Å². The maximum atomic E-state index is 5.72. The third-order valence-electron chi connectivity index (χ3n) is 2.07. The van der Waals surface area contributed by atoms with Crippen molar-refractivity contribution in [3.05, 3.63) is 17.6 Å². The molecule has 0 aliphatic heterocycles. The van der Waals surface area contributed by atoms with Crippen molar-refractivity contribution in [1.29, 1.82) is 0 Å². The predicted octanol–water partition coefficient (Wildman–Crippen LogP) is 1.14. The first-order valence-corrected chi connectivity index (χ1v) is 4.57. The van der Waals surface area contributed by atoms with Gasteiger partial charge in [-0.3, -0.25) is 0 Å². The van der Waals surface area contributed by atoms with Gasteiger partial charge in [0.2, 0.25) is 5.95 Å². The van der Waals surface area contributed by atoms with E-state index in [2.05, 4.69) is 28.9 Å². The van der Waals surface area contributed by atoms with Crippen LogP contribution in [0.5, 0.6) is 0 Å². The number of hydrogen-bond acceptors (Lipinski definition) is 4. The van der Waals surface area contributed by atoms with Crippen molar-refractivity contribution in [2.75, 3.05) is 5.73 Å². The number of nitrogens with two attached hydrogens (primary N) is 1. The Kier molecular flexibility index (Phi) is 1.87. The van der Waals surface area contributed by atoms with Gasteiger partial charge in [0, 0.05) is 6.07 Å². The highest BCUT2D eigenvalue weighted by Crippen LogP contribution is 2.15. The third kappa shape index (κ3) is 1.30. The summed E-state index contributed by atoms with van der Waals surface area (Å²) in [6.07, 6.45) is 0.